The van der Waals surface area contributed by atoms with Gasteiger partial charge in [-0.25, -0.2) is 4.79 Å². The van der Waals surface area contributed by atoms with Crippen LogP contribution >= 0.6 is 0 Å². The van der Waals surface area contributed by atoms with Crippen molar-refractivity contribution in [2.75, 3.05) is 12.8 Å². The number of nitrogens with one attached hydrogen (secondary N) is 1. The van der Waals surface area contributed by atoms with Gasteiger partial charge in [-0.05, 0) is 19.1 Å². The number of benzene rings is 1. The number of para-hydroxylation sites is 1. The van der Waals surface area contributed by atoms with E-state index in [1.165, 1.54) is 7.11 Å². The van der Waals surface area contributed by atoms with Crippen molar-refractivity contribution in [3.8, 4) is 11.6 Å². The van der Waals surface area contributed by atoms with Gasteiger partial charge in [0.25, 0.3) is 0 Å². The summed E-state index contributed by atoms with van der Waals surface area (Å²) in [4.78, 5) is 11.5. The van der Waals surface area contributed by atoms with Crippen molar-refractivity contribution in [1.29, 1.82) is 0 Å². The Balaban J connectivity index is 2.31. The Kier molecular flexibility index (Phi) is 3.18. The fraction of sp³-hybridized carbons (Fsp3) is 0.167. The minimum absolute atomic E-state index is 0.227. The van der Waals surface area contributed by atoms with Crippen molar-refractivity contribution in [2.24, 2.45) is 0 Å². The summed E-state index contributed by atoms with van der Waals surface area (Å²) >= 11 is 0. The first-order valence-electron chi connectivity index (χ1n) is 5.28. The lowest BCUT2D eigenvalue weighted by atomic mass is 10.1. The fourth-order valence-electron chi connectivity index (χ4n) is 1.48. The maximum absolute atomic E-state index is 11.5. The quantitative estimate of drug-likeness (QED) is 0.638. The molecule has 0 aliphatic heterocycles. The van der Waals surface area contributed by atoms with Gasteiger partial charge >= 0.3 is 5.97 Å². The van der Waals surface area contributed by atoms with Gasteiger partial charge in [-0.3, -0.25) is 5.10 Å². The van der Waals surface area contributed by atoms with E-state index in [4.69, 9.17) is 10.5 Å². The summed E-state index contributed by atoms with van der Waals surface area (Å²) in [6, 6.07) is 6.62. The van der Waals surface area contributed by atoms with Crippen molar-refractivity contribution in [2.45, 2.75) is 6.92 Å². The second kappa shape index (κ2) is 4.79. The maximum atomic E-state index is 11.5. The molecule has 0 aliphatic carbocycles. The van der Waals surface area contributed by atoms with Gasteiger partial charge < -0.3 is 15.2 Å². The van der Waals surface area contributed by atoms with Crippen molar-refractivity contribution in [3.05, 3.63) is 35.5 Å². The predicted octanol–water partition coefficient (Wildman–Crippen LogP) is 1.88. The molecule has 6 nitrogen and oxygen atoms in total. The van der Waals surface area contributed by atoms with Crippen LogP contribution < -0.4 is 10.5 Å². The zero-order valence-corrected chi connectivity index (χ0v) is 10.1. The summed E-state index contributed by atoms with van der Waals surface area (Å²) in [5.41, 5.74) is 7.21. The zero-order valence-electron chi connectivity index (χ0n) is 10.1. The molecule has 2 aromatic rings. The number of methoxy groups -OCH3 is 1. The largest absolute Gasteiger partial charge is 0.465 e. The third-order valence-electron chi connectivity index (χ3n) is 2.37. The SMILES string of the molecule is COC(=O)c1cccc(Oc2cc(C)[nH]n2)c1N. The number of nitrogens with zero attached hydrogens (tertiary/aromatic N) is 1. The minimum atomic E-state index is -0.504. The van der Waals surface area contributed by atoms with E-state index < -0.39 is 5.97 Å². The Morgan fingerprint density at radius 2 is 2.22 bits per heavy atom. The first kappa shape index (κ1) is 12.0. The summed E-state index contributed by atoms with van der Waals surface area (Å²) in [6.07, 6.45) is 0. The van der Waals surface area contributed by atoms with Crippen LogP contribution in [0.3, 0.4) is 0 Å². The number of aromatic amines is 1. The van der Waals surface area contributed by atoms with Crippen LogP contribution in [0.5, 0.6) is 11.6 Å². The standard InChI is InChI=1S/C12H13N3O3/c1-7-6-10(15-14-7)18-9-5-3-4-8(11(9)13)12(16)17-2/h3-6H,13H2,1-2H3,(H,14,15). The van der Waals surface area contributed by atoms with E-state index in [1.54, 1.807) is 24.3 Å². The number of anilines is 1. The second-order valence-electron chi connectivity index (χ2n) is 3.70. The summed E-state index contributed by atoms with van der Waals surface area (Å²) in [6.45, 7) is 1.86. The second-order valence-corrected chi connectivity index (χ2v) is 3.70. The molecule has 18 heavy (non-hydrogen) atoms. The number of hydrogen-bond acceptors (Lipinski definition) is 5. The van der Waals surface area contributed by atoms with Crippen LogP contribution in [0.1, 0.15) is 16.1 Å². The summed E-state index contributed by atoms with van der Waals surface area (Å²) < 4.78 is 10.1. The van der Waals surface area contributed by atoms with Crippen LogP contribution in [-0.4, -0.2) is 23.3 Å². The van der Waals surface area contributed by atoms with Gasteiger partial charge in [0.1, 0.15) is 0 Å². The highest BCUT2D eigenvalue weighted by atomic mass is 16.5. The molecular formula is C12H13N3O3. The lowest BCUT2D eigenvalue weighted by Gasteiger charge is -2.08. The van der Waals surface area contributed by atoms with Gasteiger partial charge in [-0.15, -0.1) is 5.10 Å². The molecule has 1 heterocycles. The monoisotopic (exact) mass is 247 g/mol. The Bertz CT molecular complexity index is 578. The topological polar surface area (TPSA) is 90.2 Å². The summed E-state index contributed by atoms with van der Waals surface area (Å²) in [5, 5.41) is 6.68. The molecule has 1 aromatic heterocycles. The third kappa shape index (κ3) is 2.27. The number of carbonyl (C=O) groups excluding carboxylic acids is 1. The van der Waals surface area contributed by atoms with E-state index in [-0.39, 0.29) is 11.3 Å². The molecule has 0 bridgehead atoms. The highest BCUT2D eigenvalue weighted by molar-refractivity contribution is 5.96. The lowest BCUT2D eigenvalue weighted by molar-refractivity contribution is 0.0601. The Hall–Kier alpha value is -2.50. The number of hydrogen-bond donors (Lipinski definition) is 2. The number of nitrogen functional groups attached to an aromatic ring is 1. The van der Waals surface area contributed by atoms with Crippen molar-refractivity contribution in [1.82, 2.24) is 10.2 Å². The van der Waals surface area contributed by atoms with Crippen LogP contribution in [0.25, 0.3) is 0 Å². The van der Waals surface area contributed by atoms with Crippen LogP contribution in [0.2, 0.25) is 0 Å². The highest BCUT2D eigenvalue weighted by Gasteiger charge is 2.14. The highest BCUT2D eigenvalue weighted by Crippen LogP contribution is 2.29. The van der Waals surface area contributed by atoms with Crippen LogP contribution in [0, 0.1) is 6.92 Å². The first-order chi connectivity index (χ1) is 8.61. The molecule has 0 amide bonds. The number of ether oxygens (including phenoxy) is 2. The fourth-order valence-corrected chi connectivity index (χ4v) is 1.48. The zero-order chi connectivity index (χ0) is 13.1. The molecule has 6 heteroatoms. The molecule has 94 valence electrons. The Morgan fingerprint density at radius 1 is 1.44 bits per heavy atom. The first-order valence-corrected chi connectivity index (χ1v) is 5.28. The molecule has 0 aliphatic rings. The Labute approximate surface area is 104 Å². The average Bonchev–Trinajstić information content (AvgIpc) is 2.76. The van der Waals surface area contributed by atoms with Crippen LogP contribution in [0.4, 0.5) is 5.69 Å². The molecule has 2 rings (SSSR count). The lowest BCUT2D eigenvalue weighted by Crippen LogP contribution is -2.06. The predicted molar refractivity (Wildman–Crippen MR) is 65.6 cm³/mol. The maximum Gasteiger partial charge on any atom is 0.340 e. The average molecular weight is 247 g/mol. The number of esters is 1. The molecule has 1 aromatic carbocycles. The van der Waals surface area contributed by atoms with Gasteiger partial charge in [0.15, 0.2) is 5.75 Å². The molecule has 0 saturated heterocycles. The summed E-state index contributed by atoms with van der Waals surface area (Å²) in [5.74, 6) is 0.252. The number of aryl methyl sites for hydroxylation is 1. The number of rotatable bonds is 3. The molecule has 0 spiro atoms. The minimum Gasteiger partial charge on any atom is -0.465 e. The van der Waals surface area contributed by atoms with E-state index in [0.29, 0.717) is 11.6 Å². The molecule has 0 unspecified atom stereocenters. The van der Waals surface area contributed by atoms with E-state index in [1.807, 2.05) is 6.92 Å². The molecule has 3 N–H and O–H groups in total. The van der Waals surface area contributed by atoms with E-state index >= 15 is 0 Å². The number of carbonyl (C=O) groups is 1. The van der Waals surface area contributed by atoms with Crippen LogP contribution in [-0.2, 0) is 4.74 Å². The third-order valence-corrected chi connectivity index (χ3v) is 2.37. The van der Waals surface area contributed by atoms with Gasteiger partial charge in [0, 0.05) is 11.8 Å². The van der Waals surface area contributed by atoms with Crippen LogP contribution in [0.15, 0.2) is 24.3 Å². The molecular weight excluding hydrogens is 234 g/mol. The van der Waals surface area contributed by atoms with Gasteiger partial charge in [0.2, 0.25) is 5.88 Å². The van der Waals surface area contributed by atoms with Crippen molar-refractivity contribution in [3.63, 3.8) is 0 Å². The Morgan fingerprint density at radius 3 is 2.83 bits per heavy atom. The van der Waals surface area contributed by atoms with E-state index in [2.05, 4.69) is 14.9 Å². The van der Waals surface area contributed by atoms with E-state index in [0.717, 1.165) is 5.69 Å². The molecule has 0 saturated carbocycles. The molecule has 0 atom stereocenters. The molecule has 0 fully saturated rings. The molecule has 0 radical (unpaired) electrons. The van der Waals surface area contributed by atoms with Crippen molar-refractivity contribution >= 4 is 11.7 Å². The van der Waals surface area contributed by atoms with Gasteiger partial charge in [0.05, 0.1) is 18.4 Å². The number of H-pyrrole nitrogens is 1. The van der Waals surface area contributed by atoms with Crippen molar-refractivity contribution < 1.29 is 14.3 Å². The normalized spacial score (nSPS) is 10.1. The number of aromatic nitrogens is 2. The van der Waals surface area contributed by atoms with Gasteiger partial charge in [-0.1, -0.05) is 6.07 Å². The van der Waals surface area contributed by atoms with E-state index in [9.17, 15) is 4.79 Å². The summed E-state index contributed by atoms with van der Waals surface area (Å²) in [7, 11) is 1.30. The van der Waals surface area contributed by atoms with Gasteiger partial charge in [-0.2, -0.15) is 0 Å². The number of nitrogens with two attached hydrogens (primary N) is 1. The smallest absolute Gasteiger partial charge is 0.340 e.